The van der Waals surface area contributed by atoms with Gasteiger partial charge in [0.05, 0.1) is 19.3 Å². The number of fused-ring (bicyclic) bond motifs is 1. The maximum absolute atomic E-state index is 12.1. The smallest absolute Gasteiger partial charge is 0.317 e. The number of carbonyl (C=O) groups excluding carboxylic acids is 1. The van der Waals surface area contributed by atoms with Crippen LogP contribution in [0.15, 0.2) is 18.2 Å². The monoisotopic (exact) mass is 292 g/mol. The SMILES string of the molecule is C[C@@H]1COCCN1C(=O)NCCc1ccc2c(c1)OCO2. The van der Waals surface area contributed by atoms with Crippen LogP contribution in [0.5, 0.6) is 11.5 Å². The number of hydrogen-bond acceptors (Lipinski definition) is 4. The van der Waals surface area contributed by atoms with E-state index in [-0.39, 0.29) is 18.9 Å². The summed E-state index contributed by atoms with van der Waals surface area (Å²) in [6.45, 7) is 4.75. The van der Waals surface area contributed by atoms with E-state index in [4.69, 9.17) is 14.2 Å². The standard InChI is InChI=1S/C15H20N2O4/c1-11-9-19-7-6-17(11)15(18)16-5-4-12-2-3-13-14(8-12)21-10-20-13/h2-3,8,11H,4-7,9-10H2,1H3,(H,16,18)/t11-/m1/s1. The normalized spacial score (nSPS) is 20.4. The molecule has 0 saturated carbocycles. The van der Waals surface area contributed by atoms with Crippen molar-refractivity contribution in [3.63, 3.8) is 0 Å². The lowest BCUT2D eigenvalue weighted by atomic mass is 10.1. The third-order valence-corrected chi connectivity index (χ3v) is 3.76. The Morgan fingerprint density at radius 1 is 1.38 bits per heavy atom. The largest absolute Gasteiger partial charge is 0.454 e. The van der Waals surface area contributed by atoms with E-state index in [0.29, 0.717) is 26.3 Å². The quantitative estimate of drug-likeness (QED) is 0.914. The van der Waals surface area contributed by atoms with E-state index in [0.717, 1.165) is 23.5 Å². The van der Waals surface area contributed by atoms with Gasteiger partial charge >= 0.3 is 6.03 Å². The molecule has 0 aromatic heterocycles. The van der Waals surface area contributed by atoms with E-state index in [1.165, 1.54) is 0 Å². The lowest BCUT2D eigenvalue weighted by Gasteiger charge is -2.33. The predicted octanol–water partition coefficient (Wildman–Crippen LogP) is 1.39. The second-order valence-corrected chi connectivity index (χ2v) is 5.29. The molecule has 2 aliphatic heterocycles. The minimum atomic E-state index is -0.0217. The molecule has 3 rings (SSSR count). The highest BCUT2D eigenvalue weighted by atomic mass is 16.7. The molecule has 0 aliphatic carbocycles. The first-order valence-corrected chi connectivity index (χ1v) is 7.25. The number of benzene rings is 1. The molecule has 1 aromatic carbocycles. The molecule has 114 valence electrons. The molecule has 0 bridgehead atoms. The summed E-state index contributed by atoms with van der Waals surface area (Å²) in [4.78, 5) is 13.9. The number of rotatable bonds is 3. The molecule has 6 heteroatoms. The zero-order chi connectivity index (χ0) is 14.7. The van der Waals surface area contributed by atoms with Crippen molar-refractivity contribution in [3.05, 3.63) is 23.8 Å². The van der Waals surface area contributed by atoms with E-state index < -0.39 is 0 Å². The molecule has 21 heavy (non-hydrogen) atoms. The van der Waals surface area contributed by atoms with Gasteiger partial charge in [-0.3, -0.25) is 0 Å². The van der Waals surface area contributed by atoms with Crippen LogP contribution in [0.25, 0.3) is 0 Å². The Morgan fingerprint density at radius 3 is 3.10 bits per heavy atom. The molecule has 2 amide bonds. The van der Waals surface area contributed by atoms with Gasteiger partial charge in [-0.25, -0.2) is 4.79 Å². The van der Waals surface area contributed by atoms with E-state index in [9.17, 15) is 4.79 Å². The molecule has 0 spiro atoms. The summed E-state index contributed by atoms with van der Waals surface area (Å²) in [6.07, 6.45) is 0.765. The van der Waals surface area contributed by atoms with Crippen LogP contribution in [-0.2, 0) is 11.2 Å². The first-order valence-electron chi connectivity index (χ1n) is 7.25. The highest BCUT2D eigenvalue weighted by Crippen LogP contribution is 2.32. The summed E-state index contributed by atoms with van der Waals surface area (Å²) in [5.74, 6) is 1.56. The van der Waals surface area contributed by atoms with Gasteiger partial charge in [-0.1, -0.05) is 6.07 Å². The van der Waals surface area contributed by atoms with Crippen molar-refractivity contribution in [2.45, 2.75) is 19.4 Å². The van der Waals surface area contributed by atoms with Crippen LogP contribution >= 0.6 is 0 Å². The Hall–Kier alpha value is -1.95. The average Bonchev–Trinajstić information content (AvgIpc) is 2.95. The van der Waals surface area contributed by atoms with E-state index in [1.807, 2.05) is 30.0 Å². The Bertz CT molecular complexity index is 520. The molecule has 1 aromatic rings. The first kappa shape index (κ1) is 14.0. The molecular weight excluding hydrogens is 272 g/mol. The van der Waals surface area contributed by atoms with Crippen LogP contribution in [0.2, 0.25) is 0 Å². The van der Waals surface area contributed by atoms with E-state index >= 15 is 0 Å². The number of urea groups is 1. The van der Waals surface area contributed by atoms with Gasteiger partial charge in [0.15, 0.2) is 11.5 Å². The minimum Gasteiger partial charge on any atom is -0.454 e. The summed E-state index contributed by atoms with van der Waals surface area (Å²) in [6, 6.07) is 5.97. The lowest BCUT2D eigenvalue weighted by Crippen LogP contribution is -2.51. The van der Waals surface area contributed by atoms with Crippen molar-refractivity contribution in [1.82, 2.24) is 10.2 Å². The summed E-state index contributed by atoms with van der Waals surface area (Å²) in [7, 11) is 0. The van der Waals surface area contributed by atoms with Gasteiger partial charge in [0.1, 0.15) is 0 Å². The molecule has 6 nitrogen and oxygen atoms in total. The zero-order valence-electron chi connectivity index (χ0n) is 12.1. The fourth-order valence-corrected chi connectivity index (χ4v) is 2.54. The fraction of sp³-hybridized carbons (Fsp3) is 0.533. The number of amides is 2. The first-order chi connectivity index (χ1) is 10.2. The highest BCUT2D eigenvalue weighted by Gasteiger charge is 2.23. The number of nitrogens with one attached hydrogen (secondary N) is 1. The lowest BCUT2D eigenvalue weighted by molar-refractivity contribution is 0.0191. The maximum atomic E-state index is 12.1. The van der Waals surface area contributed by atoms with Crippen molar-refractivity contribution in [1.29, 1.82) is 0 Å². The fourth-order valence-electron chi connectivity index (χ4n) is 2.54. The maximum Gasteiger partial charge on any atom is 0.317 e. The van der Waals surface area contributed by atoms with Crippen LogP contribution in [0.1, 0.15) is 12.5 Å². The Balaban J connectivity index is 1.48. The number of carbonyl (C=O) groups is 1. The van der Waals surface area contributed by atoms with E-state index in [1.54, 1.807) is 0 Å². The summed E-state index contributed by atoms with van der Waals surface area (Å²) in [5.41, 5.74) is 1.12. The van der Waals surface area contributed by atoms with Gasteiger partial charge in [-0.15, -0.1) is 0 Å². The number of nitrogens with zero attached hydrogens (tertiary/aromatic N) is 1. The van der Waals surface area contributed by atoms with Gasteiger partial charge in [0.2, 0.25) is 6.79 Å². The summed E-state index contributed by atoms with van der Waals surface area (Å²) >= 11 is 0. The van der Waals surface area contributed by atoms with Crippen LogP contribution in [0, 0.1) is 0 Å². The van der Waals surface area contributed by atoms with Gasteiger partial charge in [-0.05, 0) is 31.0 Å². The predicted molar refractivity (Wildman–Crippen MR) is 76.7 cm³/mol. The topological polar surface area (TPSA) is 60.0 Å². The van der Waals surface area contributed by atoms with Crippen molar-refractivity contribution < 1.29 is 19.0 Å². The molecule has 0 unspecified atom stereocenters. The van der Waals surface area contributed by atoms with Gasteiger partial charge < -0.3 is 24.4 Å². The Kier molecular flexibility index (Phi) is 4.15. The molecule has 2 heterocycles. The van der Waals surface area contributed by atoms with Crippen LogP contribution in [0.4, 0.5) is 4.79 Å². The van der Waals surface area contributed by atoms with Gasteiger partial charge in [0.25, 0.3) is 0 Å². The summed E-state index contributed by atoms with van der Waals surface area (Å²) in [5, 5.41) is 2.96. The van der Waals surface area contributed by atoms with E-state index in [2.05, 4.69) is 5.32 Å². The molecule has 0 radical (unpaired) electrons. The molecule has 1 atom stereocenters. The average molecular weight is 292 g/mol. The van der Waals surface area contributed by atoms with Crippen molar-refractivity contribution in [2.75, 3.05) is 33.1 Å². The third kappa shape index (κ3) is 3.21. The summed E-state index contributed by atoms with van der Waals surface area (Å²) < 4.78 is 16.0. The molecule has 1 fully saturated rings. The number of ether oxygens (including phenoxy) is 3. The number of hydrogen-bond donors (Lipinski definition) is 1. The van der Waals surface area contributed by atoms with Crippen LogP contribution in [-0.4, -0.2) is 50.1 Å². The van der Waals surface area contributed by atoms with Crippen molar-refractivity contribution in [3.8, 4) is 11.5 Å². The highest BCUT2D eigenvalue weighted by molar-refractivity contribution is 5.74. The van der Waals surface area contributed by atoms with Crippen molar-refractivity contribution >= 4 is 6.03 Å². The number of morpholine rings is 1. The zero-order valence-corrected chi connectivity index (χ0v) is 12.1. The minimum absolute atomic E-state index is 0.0217. The van der Waals surface area contributed by atoms with Gasteiger partial charge in [0, 0.05) is 13.1 Å². The van der Waals surface area contributed by atoms with Gasteiger partial charge in [-0.2, -0.15) is 0 Å². The molecular formula is C15H20N2O4. The van der Waals surface area contributed by atoms with Crippen LogP contribution in [0.3, 0.4) is 0 Å². The molecule has 2 aliphatic rings. The van der Waals surface area contributed by atoms with Crippen molar-refractivity contribution in [2.24, 2.45) is 0 Å². The molecule has 1 N–H and O–H groups in total. The second kappa shape index (κ2) is 6.22. The molecule has 1 saturated heterocycles. The Labute approximate surface area is 124 Å². The van der Waals surface area contributed by atoms with Crippen LogP contribution < -0.4 is 14.8 Å². The Morgan fingerprint density at radius 2 is 2.24 bits per heavy atom. The third-order valence-electron chi connectivity index (χ3n) is 3.76. The second-order valence-electron chi connectivity index (χ2n) is 5.29.